The van der Waals surface area contributed by atoms with Crippen molar-refractivity contribution in [3.8, 4) is 0 Å². The molecular weight excluding hydrogens is 283 g/mol. The van der Waals surface area contributed by atoms with Gasteiger partial charge in [-0.2, -0.15) is 0 Å². The molecule has 0 radical (unpaired) electrons. The molecule has 0 spiro atoms. The molecule has 1 saturated carbocycles. The number of carbonyl (C=O) groups excluding carboxylic acids is 1. The predicted octanol–water partition coefficient (Wildman–Crippen LogP) is 3.61. The van der Waals surface area contributed by atoms with E-state index in [1.165, 1.54) is 0 Å². The van der Waals surface area contributed by atoms with Crippen molar-refractivity contribution in [2.24, 2.45) is 0 Å². The lowest BCUT2D eigenvalue weighted by atomic mass is 10.1. The van der Waals surface area contributed by atoms with Crippen molar-refractivity contribution in [2.75, 3.05) is 0 Å². The Morgan fingerprint density at radius 1 is 1.32 bits per heavy atom. The number of aromatic nitrogens is 1. The maximum absolute atomic E-state index is 11.9. The Balaban J connectivity index is 1.65. The van der Waals surface area contributed by atoms with Crippen LogP contribution in [0.3, 0.4) is 0 Å². The highest BCUT2D eigenvalue weighted by Crippen LogP contribution is 2.43. The van der Waals surface area contributed by atoms with Crippen LogP contribution in [0.25, 0.3) is 0 Å². The first-order chi connectivity index (χ1) is 9.15. The van der Waals surface area contributed by atoms with Crippen molar-refractivity contribution in [1.29, 1.82) is 0 Å². The highest BCUT2D eigenvalue weighted by Gasteiger charge is 2.40. The minimum absolute atomic E-state index is 0.133. The van der Waals surface area contributed by atoms with Gasteiger partial charge in [0.1, 0.15) is 5.69 Å². The van der Waals surface area contributed by atoms with Crippen molar-refractivity contribution >= 4 is 29.1 Å². The van der Waals surface area contributed by atoms with Crippen LogP contribution in [0.2, 0.25) is 10.0 Å². The van der Waals surface area contributed by atoms with Gasteiger partial charge in [-0.05, 0) is 24.1 Å². The number of amides is 1. The van der Waals surface area contributed by atoms with Crippen LogP contribution in [0.4, 0.5) is 0 Å². The van der Waals surface area contributed by atoms with Gasteiger partial charge in [0.05, 0.1) is 5.02 Å². The number of carbonyl (C=O) groups is 1. The van der Waals surface area contributed by atoms with Crippen LogP contribution in [-0.4, -0.2) is 16.9 Å². The van der Waals surface area contributed by atoms with Crippen LogP contribution in [0.15, 0.2) is 36.5 Å². The summed E-state index contributed by atoms with van der Waals surface area (Å²) in [6.07, 6.45) is 2.51. The Kier molecular flexibility index (Phi) is 3.25. The van der Waals surface area contributed by atoms with E-state index in [2.05, 4.69) is 10.3 Å². The molecule has 1 aliphatic carbocycles. The lowest BCUT2D eigenvalue weighted by Crippen LogP contribution is -2.26. The molecule has 2 aromatic rings. The summed E-state index contributed by atoms with van der Waals surface area (Å²) in [6, 6.07) is 9.51. The Hall–Kier alpha value is -1.45. The highest BCUT2D eigenvalue weighted by molar-refractivity contribution is 6.31. The van der Waals surface area contributed by atoms with Gasteiger partial charge in [-0.25, -0.2) is 0 Å². The summed E-state index contributed by atoms with van der Waals surface area (Å²) in [7, 11) is 0. The molecular formula is C14H12Cl2N2O. The molecule has 5 heteroatoms. The first-order valence-corrected chi connectivity index (χ1v) is 6.80. The lowest BCUT2D eigenvalue weighted by molar-refractivity contribution is 0.0946. The van der Waals surface area contributed by atoms with Gasteiger partial charge in [-0.1, -0.05) is 41.4 Å². The van der Waals surface area contributed by atoms with Crippen molar-refractivity contribution in [3.05, 3.63) is 57.8 Å². The number of halogens is 2. The SMILES string of the molecule is O=C(N[C@H]1C[C@H]1c1ccccc1Cl)c1cc(Cl)c[nH]1. The van der Waals surface area contributed by atoms with E-state index in [4.69, 9.17) is 23.2 Å². The van der Waals surface area contributed by atoms with Gasteiger partial charge in [0.2, 0.25) is 0 Å². The molecule has 98 valence electrons. The zero-order valence-corrected chi connectivity index (χ0v) is 11.5. The van der Waals surface area contributed by atoms with Crippen molar-refractivity contribution in [2.45, 2.75) is 18.4 Å². The lowest BCUT2D eigenvalue weighted by Gasteiger charge is -2.05. The molecule has 1 aliphatic rings. The first kappa shape index (κ1) is 12.6. The van der Waals surface area contributed by atoms with E-state index in [0.29, 0.717) is 16.6 Å². The van der Waals surface area contributed by atoms with Crippen LogP contribution >= 0.6 is 23.2 Å². The highest BCUT2D eigenvalue weighted by atomic mass is 35.5. The molecule has 0 aliphatic heterocycles. The van der Waals surface area contributed by atoms with E-state index in [0.717, 1.165) is 17.0 Å². The Morgan fingerprint density at radius 2 is 2.11 bits per heavy atom. The zero-order valence-electron chi connectivity index (χ0n) is 9.99. The van der Waals surface area contributed by atoms with Crippen LogP contribution < -0.4 is 5.32 Å². The fourth-order valence-electron chi connectivity index (χ4n) is 2.22. The van der Waals surface area contributed by atoms with Gasteiger partial charge < -0.3 is 10.3 Å². The summed E-state index contributed by atoms with van der Waals surface area (Å²) >= 11 is 11.9. The van der Waals surface area contributed by atoms with E-state index >= 15 is 0 Å². The quantitative estimate of drug-likeness (QED) is 0.892. The van der Waals surface area contributed by atoms with Gasteiger partial charge >= 0.3 is 0 Å². The summed E-state index contributed by atoms with van der Waals surface area (Å²) in [5.74, 6) is 0.175. The Morgan fingerprint density at radius 3 is 2.79 bits per heavy atom. The smallest absolute Gasteiger partial charge is 0.267 e. The molecule has 2 N–H and O–H groups in total. The zero-order chi connectivity index (χ0) is 13.4. The predicted molar refractivity (Wildman–Crippen MR) is 75.9 cm³/mol. The fourth-order valence-corrected chi connectivity index (χ4v) is 2.66. The van der Waals surface area contributed by atoms with Crippen LogP contribution in [0.5, 0.6) is 0 Å². The molecule has 3 nitrogen and oxygen atoms in total. The van der Waals surface area contributed by atoms with Crippen LogP contribution in [-0.2, 0) is 0 Å². The third-order valence-electron chi connectivity index (χ3n) is 3.30. The Bertz CT molecular complexity index is 623. The van der Waals surface area contributed by atoms with E-state index < -0.39 is 0 Å². The monoisotopic (exact) mass is 294 g/mol. The second-order valence-corrected chi connectivity index (χ2v) is 5.52. The summed E-state index contributed by atoms with van der Waals surface area (Å²) in [5.41, 5.74) is 1.58. The fraction of sp³-hybridized carbons (Fsp3) is 0.214. The number of aromatic amines is 1. The van der Waals surface area contributed by atoms with Crippen molar-refractivity contribution in [1.82, 2.24) is 10.3 Å². The number of H-pyrrole nitrogens is 1. The largest absolute Gasteiger partial charge is 0.356 e. The molecule has 0 unspecified atom stereocenters. The molecule has 1 amide bonds. The minimum Gasteiger partial charge on any atom is -0.356 e. The molecule has 0 saturated heterocycles. The molecule has 1 aromatic heterocycles. The standard InChI is InChI=1S/C14H12Cl2N2O/c15-8-5-13(17-7-8)14(19)18-12-6-10(12)9-3-1-2-4-11(9)16/h1-5,7,10,12,17H,6H2,(H,18,19)/t10-,12-/m0/s1. The number of hydrogen-bond acceptors (Lipinski definition) is 1. The van der Waals surface area contributed by atoms with E-state index in [1.54, 1.807) is 12.3 Å². The van der Waals surface area contributed by atoms with Crippen molar-refractivity contribution in [3.63, 3.8) is 0 Å². The second-order valence-electron chi connectivity index (χ2n) is 4.68. The first-order valence-electron chi connectivity index (χ1n) is 6.04. The molecule has 2 atom stereocenters. The van der Waals surface area contributed by atoms with Gasteiger partial charge in [-0.15, -0.1) is 0 Å². The molecule has 19 heavy (non-hydrogen) atoms. The minimum atomic E-state index is -0.133. The van der Waals surface area contributed by atoms with E-state index in [9.17, 15) is 4.79 Å². The summed E-state index contributed by atoms with van der Waals surface area (Å²) in [4.78, 5) is 14.8. The molecule has 1 fully saturated rings. The topological polar surface area (TPSA) is 44.9 Å². The number of benzene rings is 1. The van der Waals surface area contributed by atoms with E-state index in [-0.39, 0.29) is 11.9 Å². The van der Waals surface area contributed by atoms with Gasteiger partial charge in [0.15, 0.2) is 0 Å². The van der Waals surface area contributed by atoms with Crippen molar-refractivity contribution < 1.29 is 4.79 Å². The molecule has 1 heterocycles. The average Bonchev–Trinajstić information content (AvgIpc) is 2.99. The van der Waals surface area contributed by atoms with E-state index in [1.807, 2.05) is 24.3 Å². The van der Waals surface area contributed by atoms with Crippen LogP contribution in [0.1, 0.15) is 28.4 Å². The maximum Gasteiger partial charge on any atom is 0.267 e. The van der Waals surface area contributed by atoms with Gasteiger partial charge in [0, 0.05) is 23.2 Å². The summed E-state index contributed by atoms with van der Waals surface area (Å²) in [6.45, 7) is 0. The number of nitrogens with one attached hydrogen (secondary N) is 2. The average molecular weight is 295 g/mol. The van der Waals surface area contributed by atoms with Gasteiger partial charge in [0.25, 0.3) is 5.91 Å². The number of hydrogen-bond donors (Lipinski definition) is 2. The number of rotatable bonds is 3. The van der Waals surface area contributed by atoms with Crippen LogP contribution in [0, 0.1) is 0 Å². The molecule has 3 rings (SSSR count). The molecule has 0 bridgehead atoms. The second kappa shape index (κ2) is 4.91. The summed E-state index contributed by atoms with van der Waals surface area (Å²) < 4.78 is 0. The molecule has 1 aromatic carbocycles. The summed E-state index contributed by atoms with van der Waals surface area (Å²) in [5, 5.41) is 4.26. The van der Waals surface area contributed by atoms with Gasteiger partial charge in [-0.3, -0.25) is 4.79 Å². The maximum atomic E-state index is 11.9. The third-order valence-corrected chi connectivity index (χ3v) is 3.87. The Labute approximate surface area is 120 Å². The normalized spacial score (nSPS) is 21.2. The third kappa shape index (κ3) is 2.62.